The lowest BCUT2D eigenvalue weighted by Crippen LogP contribution is -2.36. The normalized spacial score (nSPS) is 16.6. The molecule has 1 fully saturated rings. The van der Waals surface area contributed by atoms with Crippen LogP contribution in [0.25, 0.3) is 0 Å². The molecule has 0 aliphatic heterocycles. The Kier molecular flexibility index (Phi) is 7.17. The summed E-state index contributed by atoms with van der Waals surface area (Å²) in [5.74, 6) is 0.951. The van der Waals surface area contributed by atoms with E-state index >= 15 is 0 Å². The van der Waals surface area contributed by atoms with E-state index in [0.717, 1.165) is 12.5 Å². The van der Waals surface area contributed by atoms with Crippen molar-refractivity contribution in [2.24, 2.45) is 5.92 Å². The summed E-state index contributed by atoms with van der Waals surface area (Å²) in [6.07, 6.45) is 6.75. The number of amides is 1. The van der Waals surface area contributed by atoms with Crippen LogP contribution >= 0.6 is 0 Å². The first-order valence-electron chi connectivity index (χ1n) is 6.29. The molecular weight excluding hydrogens is 204 g/mol. The highest BCUT2D eigenvalue weighted by molar-refractivity contribution is 5.77. The first-order chi connectivity index (χ1) is 7.83. The van der Waals surface area contributed by atoms with E-state index in [1.165, 1.54) is 32.1 Å². The Morgan fingerprint density at radius 1 is 1.31 bits per heavy atom. The van der Waals surface area contributed by atoms with Gasteiger partial charge in [0.05, 0.1) is 13.2 Å². The lowest BCUT2D eigenvalue weighted by molar-refractivity contribution is -0.120. The second-order valence-corrected chi connectivity index (χ2v) is 4.46. The van der Waals surface area contributed by atoms with Crippen molar-refractivity contribution >= 4 is 5.91 Å². The molecule has 2 N–H and O–H groups in total. The van der Waals surface area contributed by atoms with Crippen molar-refractivity contribution in [1.29, 1.82) is 0 Å². The molecule has 1 aliphatic carbocycles. The quantitative estimate of drug-likeness (QED) is 0.607. The van der Waals surface area contributed by atoms with Crippen molar-refractivity contribution in [2.75, 3.05) is 33.4 Å². The fourth-order valence-corrected chi connectivity index (χ4v) is 2.16. The molecule has 0 aromatic carbocycles. The predicted octanol–water partition coefficient (Wildman–Crippen LogP) is 0.919. The van der Waals surface area contributed by atoms with Crippen LogP contribution in [-0.2, 0) is 9.53 Å². The van der Waals surface area contributed by atoms with Gasteiger partial charge in [0.2, 0.25) is 5.91 Å². The van der Waals surface area contributed by atoms with Crippen molar-refractivity contribution in [2.45, 2.75) is 32.1 Å². The van der Waals surface area contributed by atoms with Gasteiger partial charge in [0.15, 0.2) is 0 Å². The van der Waals surface area contributed by atoms with Gasteiger partial charge in [-0.05, 0) is 18.9 Å². The van der Waals surface area contributed by atoms with E-state index in [-0.39, 0.29) is 5.91 Å². The van der Waals surface area contributed by atoms with Crippen LogP contribution in [0.1, 0.15) is 32.1 Å². The Bertz CT molecular complexity index is 191. The Morgan fingerprint density at radius 2 is 2.06 bits per heavy atom. The molecule has 0 bridgehead atoms. The highest BCUT2D eigenvalue weighted by Gasteiger charge is 2.13. The number of hydrogen-bond acceptors (Lipinski definition) is 3. The fraction of sp³-hybridized carbons (Fsp3) is 0.917. The SMILES string of the molecule is COCCNC(=O)CNCCC1CCCC1. The van der Waals surface area contributed by atoms with Gasteiger partial charge in [0.25, 0.3) is 0 Å². The molecule has 4 heteroatoms. The first kappa shape index (κ1) is 13.5. The molecular formula is C12H24N2O2. The van der Waals surface area contributed by atoms with E-state index < -0.39 is 0 Å². The molecule has 0 atom stereocenters. The zero-order valence-electron chi connectivity index (χ0n) is 10.3. The van der Waals surface area contributed by atoms with Crippen molar-refractivity contribution < 1.29 is 9.53 Å². The number of carbonyl (C=O) groups excluding carboxylic acids is 1. The Hall–Kier alpha value is -0.610. The molecule has 0 radical (unpaired) electrons. The molecule has 0 aromatic rings. The molecule has 0 unspecified atom stereocenters. The van der Waals surface area contributed by atoms with Crippen molar-refractivity contribution in [1.82, 2.24) is 10.6 Å². The molecule has 0 spiro atoms. The number of ether oxygens (including phenoxy) is 1. The third-order valence-corrected chi connectivity index (χ3v) is 3.12. The zero-order valence-corrected chi connectivity index (χ0v) is 10.3. The second-order valence-electron chi connectivity index (χ2n) is 4.46. The van der Waals surface area contributed by atoms with Crippen LogP contribution in [0.15, 0.2) is 0 Å². The Labute approximate surface area is 98.1 Å². The minimum Gasteiger partial charge on any atom is -0.383 e. The minimum atomic E-state index is 0.0588. The third-order valence-electron chi connectivity index (χ3n) is 3.12. The molecule has 4 nitrogen and oxygen atoms in total. The summed E-state index contributed by atoms with van der Waals surface area (Å²) >= 11 is 0. The van der Waals surface area contributed by atoms with Crippen LogP contribution in [0.3, 0.4) is 0 Å². The summed E-state index contributed by atoms with van der Waals surface area (Å²) in [5.41, 5.74) is 0. The van der Waals surface area contributed by atoms with Crippen LogP contribution in [0.2, 0.25) is 0 Å². The number of nitrogens with one attached hydrogen (secondary N) is 2. The summed E-state index contributed by atoms with van der Waals surface area (Å²) < 4.78 is 4.85. The van der Waals surface area contributed by atoms with E-state index in [9.17, 15) is 4.79 Å². The smallest absolute Gasteiger partial charge is 0.234 e. The van der Waals surface area contributed by atoms with Gasteiger partial charge in [-0.25, -0.2) is 0 Å². The van der Waals surface area contributed by atoms with Crippen LogP contribution in [0.4, 0.5) is 0 Å². The van der Waals surface area contributed by atoms with E-state index in [1.54, 1.807) is 7.11 Å². The maximum Gasteiger partial charge on any atom is 0.234 e. The molecule has 1 saturated carbocycles. The summed E-state index contributed by atoms with van der Waals surface area (Å²) in [6.45, 7) is 2.56. The van der Waals surface area contributed by atoms with Crippen molar-refractivity contribution in [3.63, 3.8) is 0 Å². The molecule has 1 amide bonds. The predicted molar refractivity (Wildman–Crippen MR) is 64.3 cm³/mol. The number of methoxy groups -OCH3 is 1. The number of rotatable bonds is 8. The molecule has 94 valence electrons. The zero-order chi connectivity index (χ0) is 11.6. The summed E-state index contributed by atoms with van der Waals surface area (Å²) in [5, 5.41) is 5.97. The van der Waals surface area contributed by atoms with Crippen LogP contribution in [-0.4, -0.2) is 39.3 Å². The molecule has 0 heterocycles. The maximum absolute atomic E-state index is 11.3. The van der Waals surface area contributed by atoms with Crippen molar-refractivity contribution in [3.05, 3.63) is 0 Å². The average Bonchev–Trinajstić information content (AvgIpc) is 2.78. The number of hydrogen-bond donors (Lipinski definition) is 2. The molecule has 1 rings (SSSR count). The Balaban J connectivity index is 1.87. The summed E-state index contributed by atoms with van der Waals surface area (Å²) in [4.78, 5) is 11.3. The molecule has 0 saturated heterocycles. The topological polar surface area (TPSA) is 50.4 Å². The van der Waals surface area contributed by atoms with Gasteiger partial charge in [-0.1, -0.05) is 25.7 Å². The molecule has 0 aromatic heterocycles. The lowest BCUT2D eigenvalue weighted by Gasteiger charge is -2.09. The van der Waals surface area contributed by atoms with Gasteiger partial charge >= 0.3 is 0 Å². The lowest BCUT2D eigenvalue weighted by atomic mass is 10.0. The molecule has 16 heavy (non-hydrogen) atoms. The average molecular weight is 228 g/mol. The maximum atomic E-state index is 11.3. The monoisotopic (exact) mass is 228 g/mol. The van der Waals surface area contributed by atoms with Crippen LogP contribution < -0.4 is 10.6 Å². The van der Waals surface area contributed by atoms with E-state index in [1.807, 2.05) is 0 Å². The Morgan fingerprint density at radius 3 is 2.75 bits per heavy atom. The van der Waals surface area contributed by atoms with Gasteiger partial charge in [-0.3, -0.25) is 4.79 Å². The van der Waals surface area contributed by atoms with Crippen LogP contribution in [0.5, 0.6) is 0 Å². The van der Waals surface area contributed by atoms with Crippen LogP contribution in [0, 0.1) is 5.92 Å². The van der Waals surface area contributed by atoms with Gasteiger partial charge in [-0.2, -0.15) is 0 Å². The van der Waals surface area contributed by atoms with Gasteiger partial charge < -0.3 is 15.4 Å². The number of carbonyl (C=O) groups is 1. The minimum absolute atomic E-state index is 0.0588. The summed E-state index contributed by atoms with van der Waals surface area (Å²) in [6, 6.07) is 0. The summed E-state index contributed by atoms with van der Waals surface area (Å²) in [7, 11) is 1.63. The largest absolute Gasteiger partial charge is 0.383 e. The van der Waals surface area contributed by atoms with E-state index in [4.69, 9.17) is 4.74 Å². The van der Waals surface area contributed by atoms with Crippen molar-refractivity contribution in [3.8, 4) is 0 Å². The highest BCUT2D eigenvalue weighted by atomic mass is 16.5. The second kappa shape index (κ2) is 8.53. The van der Waals surface area contributed by atoms with E-state index in [0.29, 0.717) is 19.7 Å². The third kappa shape index (κ3) is 6.08. The first-order valence-corrected chi connectivity index (χ1v) is 6.29. The highest BCUT2D eigenvalue weighted by Crippen LogP contribution is 2.26. The van der Waals surface area contributed by atoms with Gasteiger partial charge in [-0.15, -0.1) is 0 Å². The van der Waals surface area contributed by atoms with E-state index in [2.05, 4.69) is 10.6 Å². The fourth-order valence-electron chi connectivity index (χ4n) is 2.16. The van der Waals surface area contributed by atoms with Gasteiger partial charge in [0.1, 0.15) is 0 Å². The van der Waals surface area contributed by atoms with Gasteiger partial charge in [0, 0.05) is 13.7 Å². The molecule has 1 aliphatic rings. The standard InChI is InChI=1S/C12H24N2O2/c1-16-9-8-14-12(15)10-13-7-6-11-4-2-3-5-11/h11,13H,2-10H2,1H3,(H,14,15).